The SMILES string of the molecule is C[Si]O[Si](CCN1CC(C(=O)O)CC1=O)O[Si](C)(C)C. The summed E-state index contributed by atoms with van der Waals surface area (Å²) >= 11 is 0. The summed E-state index contributed by atoms with van der Waals surface area (Å²) in [7, 11) is -2.65. The Labute approximate surface area is 125 Å². The third-order valence-electron chi connectivity index (χ3n) is 2.79. The Hall–Kier alpha value is -0.489. The van der Waals surface area contributed by atoms with Crippen molar-refractivity contribution in [2.45, 2.75) is 38.7 Å². The van der Waals surface area contributed by atoms with Crippen LogP contribution in [0.2, 0.25) is 32.2 Å². The fourth-order valence-corrected chi connectivity index (χ4v) is 7.41. The highest BCUT2D eigenvalue weighted by Crippen LogP contribution is 2.19. The molecule has 1 amide bonds. The number of aliphatic carboxylic acids is 1. The molecule has 0 aromatic carbocycles. The van der Waals surface area contributed by atoms with Gasteiger partial charge in [0.1, 0.15) is 0 Å². The van der Waals surface area contributed by atoms with Gasteiger partial charge in [0, 0.05) is 25.6 Å². The largest absolute Gasteiger partial charge is 0.481 e. The van der Waals surface area contributed by atoms with E-state index in [1.165, 1.54) is 0 Å². The van der Waals surface area contributed by atoms with E-state index in [9.17, 15) is 9.59 Å². The van der Waals surface area contributed by atoms with Crippen LogP contribution < -0.4 is 0 Å². The van der Waals surface area contributed by atoms with E-state index in [2.05, 4.69) is 19.6 Å². The number of likely N-dealkylation sites (tertiary alicyclic amines) is 1. The number of hydrogen-bond acceptors (Lipinski definition) is 4. The zero-order chi connectivity index (χ0) is 15.3. The molecule has 0 spiro atoms. The average molecular weight is 333 g/mol. The van der Waals surface area contributed by atoms with Gasteiger partial charge >= 0.3 is 15.3 Å². The van der Waals surface area contributed by atoms with Crippen molar-refractivity contribution in [3.05, 3.63) is 0 Å². The lowest BCUT2D eigenvalue weighted by atomic mass is 10.1. The molecule has 0 bridgehead atoms. The van der Waals surface area contributed by atoms with Crippen molar-refractivity contribution in [2.75, 3.05) is 13.1 Å². The van der Waals surface area contributed by atoms with Crippen LogP contribution in [0.25, 0.3) is 0 Å². The molecule has 1 N–H and O–H groups in total. The summed E-state index contributed by atoms with van der Waals surface area (Å²) < 4.78 is 11.7. The van der Waals surface area contributed by atoms with Crippen LogP contribution in [-0.2, 0) is 17.8 Å². The van der Waals surface area contributed by atoms with E-state index in [4.69, 9.17) is 13.3 Å². The highest BCUT2D eigenvalue weighted by atomic mass is 28.4. The van der Waals surface area contributed by atoms with Crippen LogP contribution in [0.5, 0.6) is 0 Å². The van der Waals surface area contributed by atoms with E-state index < -0.39 is 29.5 Å². The summed E-state index contributed by atoms with van der Waals surface area (Å²) in [4.78, 5) is 24.3. The fraction of sp³-hybridized carbons (Fsp3) is 0.818. The molecule has 0 aromatic heterocycles. The topological polar surface area (TPSA) is 76.1 Å². The van der Waals surface area contributed by atoms with Gasteiger partial charge in [-0.25, -0.2) is 0 Å². The Morgan fingerprint density at radius 2 is 2.20 bits per heavy atom. The number of carboxylic acid groups (broad SMARTS) is 1. The average Bonchev–Trinajstić information content (AvgIpc) is 2.66. The van der Waals surface area contributed by atoms with Gasteiger partial charge in [0.15, 0.2) is 8.32 Å². The number of hydrogen-bond donors (Lipinski definition) is 1. The molecule has 3 radical (unpaired) electrons. The molecule has 20 heavy (non-hydrogen) atoms. The van der Waals surface area contributed by atoms with E-state index in [0.29, 0.717) is 28.9 Å². The molecule has 1 heterocycles. The van der Waals surface area contributed by atoms with E-state index >= 15 is 0 Å². The summed E-state index contributed by atoms with van der Waals surface area (Å²) in [5.74, 6) is -1.54. The first-order valence-corrected chi connectivity index (χ1v) is 13.0. The third-order valence-corrected chi connectivity index (χ3v) is 8.50. The number of rotatable bonds is 8. The maximum atomic E-state index is 11.7. The van der Waals surface area contributed by atoms with E-state index in [-0.39, 0.29) is 12.3 Å². The molecule has 113 valence electrons. The Bertz CT molecular complexity index is 360. The maximum Gasteiger partial charge on any atom is 0.364 e. The number of carbonyl (C=O) groups is 2. The zero-order valence-electron chi connectivity index (χ0n) is 12.4. The third kappa shape index (κ3) is 5.87. The summed E-state index contributed by atoms with van der Waals surface area (Å²) in [6, 6.07) is 0.688. The van der Waals surface area contributed by atoms with Crippen molar-refractivity contribution in [3.8, 4) is 0 Å². The Morgan fingerprint density at radius 3 is 2.65 bits per heavy atom. The van der Waals surface area contributed by atoms with Crippen LogP contribution in [-0.4, -0.2) is 62.3 Å². The predicted molar refractivity (Wildman–Crippen MR) is 80.0 cm³/mol. The summed E-state index contributed by atoms with van der Waals surface area (Å²) in [5.41, 5.74) is 0. The number of amides is 1. The monoisotopic (exact) mass is 332 g/mol. The maximum absolute atomic E-state index is 11.7. The van der Waals surface area contributed by atoms with Crippen LogP contribution in [0.3, 0.4) is 0 Å². The van der Waals surface area contributed by atoms with Crippen LogP contribution in [0.1, 0.15) is 6.42 Å². The van der Waals surface area contributed by atoms with Gasteiger partial charge in [-0.05, 0) is 26.2 Å². The molecule has 0 saturated carbocycles. The zero-order valence-corrected chi connectivity index (χ0v) is 15.4. The van der Waals surface area contributed by atoms with Crippen LogP contribution in [0, 0.1) is 5.92 Å². The second-order valence-corrected chi connectivity index (χ2v) is 13.2. The van der Waals surface area contributed by atoms with Crippen molar-refractivity contribution in [1.29, 1.82) is 0 Å². The van der Waals surface area contributed by atoms with Crippen molar-refractivity contribution in [1.82, 2.24) is 4.90 Å². The van der Waals surface area contributed by atoms with Gasteiger partial charge in [-0.1, -0.05) is 0 Å². The van der Waals surface area contributed by atoms with Crippen molar-refractivity contribution in [2.24, 2.45) is 5.92 Å². The van der Waals surface area contributed by atoms with Gasteiger partial charge < -0.3 is 18.2 Å². The second kappa shape index (κ2) is 7.50. The lowest BCUT2D eigenvalue weighted by Gasteiger charge is -2.25. The molecule has 1 aliphatic heterocycles. The second-order valence-electron chi connectivity index (χ2n) is 5.72. The van der Waals surface area contributed by atoms with E-state index in [1.807, 2.05) is 6.55 Å². The molecule has 1 aliphatic rings. The molecule has 1 saturated heterocycles. The molecular weight excluding hydrogens is 310 g/mol. The molecule has 0 aromatic rings. The summed E-state index contributed by atoms with van der Waals surface area (Å²) in [6.07, 6.45) is 0.114. The number of carbonyl (C=O) groups excluding carboxylic acids is 1. The van der Waals surface area contributed by atoms with Crippen molar-refractivity contribution >= 4 is 39.2 Å². The van der Waals surface area contributed by atoms with Crippen LogP contribution in [0.15, 0.2) is 0 Å². The van der Waals surface area contributed by atoms with Crippen LogP contribution in [0.4, 0.5) is 0 Å². The minimum atomic E-state index is -1.66. The van der Waals surface area contributed by atoms with E-state index in [1.54, 1.807) is 4.90 Å². The van der Waals surface area contributed by atoms with E-state index in [0.717, 1.165) is 0 Å². The molecule has 9 heteroatoms. The number of nitrogens with zero attached hydrogens (tertiary/aromatic N) is 1. The van der Waals surface area contributed by atoms with Gasteiger partial charge in [-0.3, -0.25) is 9.59 Å². The minimum absolute atomic E-state index is 0.0781. The Morgan fingerprint density at radius 1 is 1.55 bits per heavy atom. The quantitative estimate of drug-likeness (QED) is 0.670. The van der Waals surface area contributed by atoms with Crippen LogP contribution >= 0.6 is 0 Å². The van der Waals surface area contributed by atoms with Gasteiger partial charge in [-0.2, -0.15) is 0 Å². The van der Waals surface area contributed by atoms with Gasteiger partial charge in [-0.15, -0.1) is 0 Å². The fourth-order valence-electron chi connectivity index (χ4n) is 1.96. The first-order valence-electron chi connectivity index (χ1n) is 6.62. The molecular formula is C11H22NO5Si3. The first kappa shape index (κ1) is 17.6. The molecule has 1 rings (SSSR count). The number of carboxylic acids is 1. The highest BCUT2D eigenvalue weighted by molar-refractivity contribution is 6.76. The summed E-state index contributed by atoms with van der Waals surface area (Å²) in [5, 5.41) is 8.95. The Balaban J connectivity index is 2.47. The molecule has 1 atom stereocenters. The predicted octanol–water partition coefficient (Wildman–Crippen LogP) is 0.943. The van der Waals surface area contributed by atoms with Gasteiger partial charge in [0.05, 0.1) is 5.92 Å². The van der Waals surface area contributed by atoms with Crippen molar-refractivity contribution in [3.63, 3.8) is 0 Å². The molecule has 1 fully saturated rings. The van der Waals surface area contributed by atoms with Gasteiger partial charge in [0.25, 0.3) is 0 Å². The van der Waals surface area contributed by atoms with Gasteiger partial charge in [0.2, 0.25) is 15.7 Å². The van der Waals surface area contributed by atoms with Crippen molar-refractivity contribution < 1.29 is 22.9 Å². The standard InChI is InChI=1S/C11H22NO5Si3/c1-18-16-19(17-20(2,3)4)6-5-12-8-9(11(14)15)7-10(12)13/h9H,5-8H2,1-4H3,(H,14,15). The minimum Gasteiger partial charge on any atom is -0.481 e. The summed E-state index contributed by atoms with van der Waals surface area (Å²) in [6.45, 7) is 9.14. The molecule has 6 nitrogen and oxygen atoms in total. The normalized spacial score (nSPS) is 19.9. The highest BCUT2D eigenvalue weighted by Gasteiger charge is 2.35. The smallest absolute Gasteiger partial charge is 0.364 e. The lowest BCUT2D eigenvalue weighted by molar-refractivity contribution is -0.141. The Kier molecular flexibility index (Phi) is 6.59. The lowest BCUT2D eigenvalue weighted by Crippen LogP contribution is -2.40. The molecule has 0 aliphatic carbocycles. The first-order chi connectivity index (χ1) is 9.23. The molecule has 1 unspecified atom stereocenters.